The summed E-state index contributed by atoms with van der Waals surface area (Å²) < 4.78 is 18.7. The van der Waals surface area contributed by atoms with Crippen LogP contribution in [0.5, 0.6) is 5.75 Å². The van der Waals surface area contributed by atoms with Gasteiger partial charge in [-0.2, -0.15) is 4.98 Å². The molecule has 0 radical (unpaired) electrons. The Kier molecular flexibility index (Phi) is 16.0. The van der Waals surface area contributed by atoms with Crippen molar-refractivity contribution in [1.82, 2.24) is 35.4 Å². The van der Waals surface area contributed by atoms with Crippen molar-refractivity contribution in [3.05, 3.63) is 94.7 Å². The minimum atomic E-state index is -2.59. The number of thiazole rings is 1. The van der Waals surface area contributed by atoms with Crippen molar-refractivity contribution in [3.8, 4) is 16.2 Å². The lowest BCUT2D eigenvalue weighted by molar-refractivity contribution is -0.144. The summed E-state index contributed by atoms with van der Waals surface area (Å²) in [7, 11) is -1.03. The molecule has 0 bridgehead atoms. The highest BCUT2D eigenvalue weighted by atomic mass is 35.5. The van der Waals surface area contributed by atoms with E-state index in [4.69, 9.17) is 16.3 Å². The predicted molar refractivity (Wildman–Crippen MR) is 272 cm³/mol. The van der Waals surface area contributed by atoms with Crippen LogP contribution in [0.15, 0.2) is 78.4 Å². The first-order valence-electron chi connectivity index (χ1n) is 22.8. The molecule has 69 heavy (non-hydrogen) atoms. The number of anilines is 5. The van der Waals surface area contributed by atoms with Crippen molar-refractivity contribution in [3.63, 3.8) is 0 Å². The first kappa shape index (κ1) is 50.8. The van der Waals surface area contributed by atoms with Gasteiger partial charge in [-0.05, 0) is 61.1 Å². The third-order valence-electron chi connectivity index (χ3n) is 12.2. The molecule has 3 atom stereocenters. The molecule has 5 N–H and O–H groups in total. The first-order valence-corrected chi connectivity index (χ1v) is 26.6. The molecule has 7 rings (SSSR count). The van der Waals surface area contributed by atoms with E-state index in [1.165, 1.54) is 11.1 Å². The summed E-state index contributed by atoms with van der Waals surface area (Å²) >= 11 is 8.03. The van der Waals surface area contributed by atoms with E-state index in [0.717, 1.165) is 27.4 Å². The number of para-hydroxylation sites is 1. The molecule has 0 spiro atoms. The summed E-state index contributed by atoms with van der Waals surface area (Å²) in [4.78, 5) is 74.1. The third kappa shape index (κ3) is 12.6. The fraction of sp³-hybridized carbons (Fsp3) is 0.408. The van der Waals surface area contributed by atoms with Crippen LogP contribution in [0.1, 0.15) is 51.3 Å². The van der Waals surface area contributed by atoms with Crippen molar-refractivity contribution in [2.24, 2.45) is 5.41 Å². The second kappa shape index (κ2) is 21.7. The number of amides is 4. The van der Waals surface area contributed by atoms with E-state index in [0.29, 0.717) is 54.4 Å². The summed E-state index contributed by atoms with van der Waals surface area (Å²) in [5.74, 6) is -0.341. The fourth-order valence-corrected chi connectivity index (χ4v) is 10.5. The number of ether oxygens (including phenoxy) is 1. The van der Waals surface area contributed by atoms with Crippen LogP contribution >= 0.6 is 30.1 Å². The van der Waals surface area contributed by atoms with E-state index in [2.05, 4.69) is 41.1 Å². The number of aliphatic hydroxyl groups excluding tert-OH is 1. The van der Waals surface area contributed by atoms with Gasteiger partial charge < -0.3 is 50.4 Å². The Bertz CT molecular complexity index is 2720. The molecule has 366 valence electrons. The monoisotopic (exact) mass is 998 g/mol. The third-order valence-corrected chi connectivity index (χ3v) is 15.0. The molecule has 5 aromatic rings. The SMILES string of the molecule is COc1cc(N2CCN(C(=O)CCC(=O)NC(C(=O)N3CC(O)CC3C(=O)NCc3ccc(-c4scnc4C)cc3)C(C)(C)C)CC2)ccc1Nc1ncc(Cl)c(Nc2ccccc2P(C)(C)=O)n1. The van der Waals surface area contributed by atoms with E-state index in [1.54, 1.807) is 42.2 Å². The van der Waals surface area contributed by atoms with Crippen LogP contribution in [0.25, 0.3) is 10.4 Å². The molecule has 2 aliphatic heterocycles. The quantitative estimate of drug-likeness (QED) is 0.0666. The lowest BCUT2D eigenvalue weighted by atomic mass is 9.85. The summed E-state index contributed by atoms with van der Waals surface area (Å²) in [5.41, 5.74) is 6.08. The molecule has 2 fully saturated rings. The summed E-state index contributed by atoms with van der Waals surface area (Å²) in [5, 5.41) is 23.8. The Labute approximate surface area is 411 Å². The number of carbonyl (C=O) groups excluding carboxylic acids is 4. The number of piperazine rings is 1. The van der Waals surface area contributed by atoms with Crippen LogP contribution < -0.4 is 36.2 Å². The summed E-state index contributed by atoms with van der Waals surface area (Å²) in [6.07, 6.45) is 0.483. The number of aromatic nitrogens is 3. The topological polar surface area (TPSA) is 211 Å². The number of rotatable bonds is 16. The molecule has 4 heterocycles. The second-order valence-electron chi connectivity index (χ2n) is 18.7. The van der Waals surface area contributed by atoms with Gasteiger partial charge in [0.15, 0.2) is 5.82 Å². The minimum Gasteiger partial charge on any atom is -0.494 e. The molecule has 0 saturated carbocycles. The van der Waals surface area contributed by atoms with Crippen LogP contribution in [0.3, 0.4) is 0 Å². The van der Waals surface area contributed by atoms with E-state index in [1.807, 2.05) is 94.4 Å². The number of aliphatic hydroxyl groups is 1. The Balaban J connectivity index is 0.894. The number of hydrogen-bond acceptors (Lipinski definition) is 14. The smallest absolute Gasteiger partial charge is 0.246 e. The van der Waals surface area contributed by atoms with Crippen LogP contribution in [-0.4, -0.2) is 125 Å². The van der Waals surface area contributed by atoms with Crippen LogP contribution in [0.2, 0.25) is 5.02 Å². The standard InChI is InChI=1S/C49H60ClN10O7PS/c1-30-43(69-29-53-30)32-14-12-31(13-15-32)26-51-46(64)38-25-34(61)28-60(38)47(65)44(49(2,3)4)56-41(62)18-19-42(63)59-22-20-58(21-23-59)33-16-17-36(39(24-33)67-5)55-48-52-27-35(50)45(57-48)54-37-10-8-9-11-40(37)68(6,7)66/h8-17,24,27,29,34,38,44,61H,18-23,25-26,28H2,1-7H3,(H,51,64)(H,56,62)(H2,52,54,55,57). The number of hydrogen-bond donors (Lipinski definition) is 5. The Morgan fingerprint density at radius 2 is 1.68 bits per heavy atom. The van der Waals surface area contributed by atoms with Gasteiger partial charge in [-0.25, -0.2) is 9.97 Å². The van der Waals surface area contributed by atoms with Crippen LogP contribution in [0.4, 0.5) is 28.8 Å². The molecule has 2 saturated heterocycles. The summed E-state index contributed by atoms with van der Waals surface area (Å²) in [6.45, 7) is 13.0. The molecule has 4 amide bonds. The van der Waals surface area contributed by atoms with E-state index >= 15 is 0 Å². The van der Waals surface area contributed by atoms with E-state index in [-0.39, 0.29) is 49.2 Å². The van der Waals surface area contributed by atoms with Gasteiger partial charge in [0.2, 0.25) is 29.6 Å². The number of methoxy groups -OCH3 is 1. The molecule has 17 nitrogen and oxygen atoms in total. The number of halogens is 1. The zero-order valence-corrected chi connectivity index (χ0v) is 42.4. The highest BCUT2D eigenvalue weighted by molar-refractivity contribution is 7.70. The van der Waals surface area contributed by atoms with Crippen LogP contribution in [-0.2, 0) is 30.3 Å². The fourth-order valence-electron chi connectivity index (χ4n) is 8.40. The molecular formula is C49H60ClN10O7PS. The molecule has 3 aromatic carbocycles. The van der Waals surface area contributed by atoms with Crippen molar-refractivity contribution < 1.29 is 33.6 Å². The maximum Gasteiger partial charge on any atom is 0.246 e. The highest BCUT2D eigenvalue weighted by Crippen LogP contribution is 2.39. The van der Waals surface area contributed by atoms with Gasteiger partial charge in [-0.1, -0.05) is 68.8 Å². The number of carbonyl (C=O) groups is 4. The van der Waals surface area contributed by atoms with Gasteiger partial charge in [0.1, 0.15) is 30.0 Å². The second-order valence-corrected chi connectivity index (χ2v) is 23.2. The average molecular weight is 1000 g/mol. The number of benzene rings is 3. The van der Waals surface area contributed by atoms with Gasteiger partial charge in [-0.15, -0.1) is 11.3 Å². The zero-order chi connectivity index (χ0) is 49.6. The van der Waals surface area contributed by atoms with Gasteiger partial charge in [-0.3, -0.25) is 19.2 Å². The zero-order valence-electron chi connectivity index (χ0n) is 39.9. The maximum absolute atomic E-state index is 14.1. The van der Waals surface area contributed by atoms with E-state index in [9.17, 15) is 28.8 Å². The van der Waals surface area contributed by atoms with Gasteiger partial charge in [0, 0.05) is 75.6 Å². The number of aryl methyl sites for hydroxylation is 1. The van der Waals surface area contributed by atoms with Crippen LogP contribution in [0, 0.1) is 12.3 Å². The average Bonchev–Trinajstić information content (AvgIpc) is 3.94. The first-order chi connectivity index (χ1) is 32.8. The van der Waals surface area contributed by atoms with Crippen molar-refractivity contribution in [2.75, 3.05) is 68.7 Å². The normalized spacial score (nSPS) is 16.7. The van der Waals surface area contributed by atoms with E-state index < -0.39 is 48.5 Å². The number of likely N-dealkylation sites (tertiary alicyclic amines) is 1. The molecule has 0 aliphatic carbocycles. The van der Waals surface area contributed by atoms with Crippen molar-refractivity contribution in [1.29, 1.82) is 0 Å². The Morgan fingerprint density at radius 1 is 0.957 bits per heavy atom. The number of nitrogens with zero attached hydrogens (tertiary/aromatic N) is 6. The molecule has 3 unspecified atom stereocenters. The number of nitrogens with one attached hydrogen (secondary N) is 4. The molecule has 2 aromatic heterocycles. The van der Waals surface area contributed by atoms with Gasteiger partial charge in [0.25, 0.3) is 0 Å². The Morgan fingerprint density at radius 3 is 2.35 bits per heavy atom. The highest BCUT2D eigenvalue weighted by Gasteiger charge is 2.44. The Hall–Kier alpha value is -6.07. The lowest BCUT2D eigenvalue weighted by Crippen LogP contribution is -2.57. The largest absolute Gasteiger partial charge is 0.494 e. The number of β-amino-alcohol motifs (C(OH)–C–C–N with tert-alkyl or cyclic N) is 1. The molecular weight excluding hydrogens is 939 g/mol. The van der Waals surface area contributed by atoms with Gasteiger partial charge >= 0.3 is 0 Å². The molecule has 2 aliphatic rings. The van der Waals surface area contributed by atoms with Crippen molar-refractivity contribution in [2.45, 2.75) is 71.7 Å². The lowest BCUT2D eigenvalue weighted by Gasteiger charge is -2.36. The maximum atomic E-state index is 14.1. The summed E-state index contributed by atoms with van der Waals surface area (Å²) in [6, 6.07) is 18.9. The van der Waals surface area contributed by atoms with Crippen molar-refractivity contribution >= 4 is 87.8 Å². The molecule has 20 heteroatoms. The predicted octanol–water partition coefficient (Wildman–Crippen LogP) is 6.54. The minimum absolute atomic E-state index is 0.0425. The van der Waals surface area contributed by atoms with Gasteiger partial charge in [0.05, 0.1) is 46.9 Å².